The van der Waals surface area contributed by atoms with Crippen molar-refractivity contribution in [3.63, 3.8) is 0 Å². The maximum absolute atomic E-state index is 5.45. The Balaban J connectivity index is 2.03. The highest BCUT2D eigenvalue weighted by molar-refractivity contribution is 4.83. The zero-order valence-corrected chi connectivity index (χ0v) is 11.2. The lowest BCUT2D eigenvalue weighted by atomic mass is 9.80. The summed E-state index contributed by atoms with van der Waals surface area (Å²) in [7, 11) is 2.21. The molecule has 0 saturated carbocycles. The van der Waals surface area contributed by atoms with Gasteiger partial charge in [0.05, 0.1) is 6.61 Å². The Morgan fingerprint density at radius 1 is 1.25 bits per heavy atom. The molecule has 1 heterocycles. The summed E-state index contributed by atoms with van der Waals surface area (Å²) in [6, 6.07) is 0. The predicted octanol–water partition coefficient (Wildman–Crippen LogP) is 1.73. The molecule has 1 aliphatic heterocycles. The van der Waals surface area contributed by atoms with Crippen LogP contribution in [-0.4, -0.2) is 51.3 Å². The van der Waals surface area contributed by atoms with Gasteiger partial charge >= 0.3 is 0 Å². The molecule has 1 N–H and O–H groups in total. The SMILES string of the molecule is CCCOCCNCC1(C)CCN(C)CC1. The van der Waals surface area contributed by atoms with Crippen molar-refractivity contribution in [2.24, 2.45) is 5.41 Å². The van der Waals surface area contributed by atoms with E-state index in [1.807, 2.05) is 0 Å². The van der Waals surface area contributed by atoms with Crippen LogP contribution in [0.2, 0.25) is 0 Å². The topological polar surface area (TPSA) is 24.5 Å². The highest BCUT2D eigenvalue weighted by Crippen LogP contribution is 2.29. The molecular weight excluding hydrogens is 200 g/mol. The van der Waals surface area contributed by atoms with Gasteiger partial charge in [0.15, 0.2) is 0 Å². The van der Waals surface area contributed by atoms with Crippen molar-refractivity contribution >= 4 is 0 Å². The van der Waals surface area contributed by atoms with Gasteiger partial charge in [-0.15, -0.1) is 0 Å². The van der Waals surface area contributed by atoms with Gasteiger partial charge in [0.25, 0.3) is 0 Å². The van der Waals surface area contributed by atoms with Gasteiger partial charge in [-0.1, -0.05) is 13.8 Å². The van der Waals surface area contributed by atoms with E-state index in [1.165, 1.54) is 25.9 Å². The van der Waals surface area contributed by atoms with E-state index in [4.69, 9.17) is 4.74 Å². The fraction of sp³-hybridized carbons (Fsp3) is 1.00. The van der Waals surface area contributed by atoms with Crippen LogP contribution in [0, 0.1) is 5.41 Å². The molecule has 1 saturated heterocycles. The fourth-order valence-corrected chi connectivity index (χ4v) is 2.12. The van der Waals surface area contributed by atoms with E-state index in [0.717, 1.165) is 32.7 Å². The van der Waals surface area contributed by atoms with Crippen molar-refractivity contribution in [2.75, 3.05) is 46.4 Å². The predicted molar refractivity (Wildman–Crippen MR) is 68.8 cm³/mol. The number of hydrogen-bond acceptors (Lipinski definition) is 3. The minimum atomic E-state index is 0.497. The zero-order valence-electron chi connectivity index (χ0n) is 11.2. The molecular formula is C13H28N2O. The number of rotatable bonds is 7. The van der Waals surface area contributed by atoms with Crippen molar-refractivity contribution in [3.8, 4) is 0 Å². The van der Waals surface area contributed by atoms with Gasteiger partial charge in [0.1, 0.15) is 0 Å². The van der Waals surface area contributed by atoms with Crippen molar-refractivity contribution < 1.29 is 4.74 Å². The van der Waals surface area contributed by atoms with E-state index in [0.29, 0.717) is 5.41 Å². The van der Waals surface area contributed by atoms with Gasteiger partial charge in [-0.25, -0.2) is 0 Å². The van der Waals surface area contributed by atoms with Crippen LogP contribution < -0.4 is 5.32 Å². The Morgan fingerprint density at radius 2 is 1.94 bits per heavy atom. The van der Waals surface area contributed by atoms with E-state index >= 15 is 0 Å². The summed E-state index contributed by atoms with van der Waals surface area (Å²) >= 11 is 0. The van der Waals surface area contributed by atoms with Crippen molar-refractivity contribution in [3.05, 3.63) is 0 Å². The third-order valence-electron chi connectivity index (χ3n) is 3.52. The van der Waals surface area contributed by atoms with Gasteiger partial charge in [-0.3, -0.25) is 0 Å². The number of nitrogens with one attached hydrogen (secondary N) is 1. The third kappa shape index (κ3) is 5.28. The first kappa shape index (κ1) is 13.9. The Kier molecular flexibility index (Phi) is 6.32. The Labute approximate surface area is 101 Å². The third-order valence-corrected chi connectivity index (χ3v) is 3.52. The molecule has 1 fully saturated rings. The summed E-state index contributed by atoms with van der Waals surface area (Å²) in [6.45, 7) is 10.9. The largest absolute Gasteiger partial charge is 0.380 e. The van der Waals surface area contributed by atoms with Crippen LogP contribution in [0.4, 0.5) is 0 Å². The first-order valence-electron chi connectivity index (χ1n) is 6.63. The highest BCUT2D eigenvalue weighted by atomic mass is 16.5. The second-order valence-corrected chi connectivity index (χ2v) is 5.40. The molecule has 0 aromatic rings. The van der Waals surface area contributed by atoms with E-state index in [2.05, 4.69) is 31.1 Å². The van der Waals surface area contributed by atoms with Crippen molar-refractivity contribution in [1.29, 1.82) is 0 Å². The number of piperidine rings is 1. The van der Waals surface area contributed by atoms with Crippen LogP contribution in [0.25, 0.3) is 0 Å². The lowest BCUT2D eigenvalue weighted by molar-refractivity contribution is 0.118. The van der Waals surface area contributed by atoms with Crippen LogP contribution >= 0.6 is 0 Å². The summed E-state index contributed by atoms with van der Waals surface area (Å²) in [4.78, 5) is 2.42. The summed E-state index contributed by atoms with van der Waals surface area (Å²) in [5.74, 6) is 0. The lowest BCUT2D eigenvalue weighted by Crippen LogP contribution is -2.42. The maximum Gasteiger partial charge on any atom is 0.0590 e. The van der Waals surface area contributed by atoms with Crippen LogP contribution in [0.1, 0.15) is 33.1 Å². The number of nitrogens with zero attached hydrogens (tertiary/aromatic N) is 1. The highest BCUT2D eigenvalue weighted by Gasteiger charge is 2.27. The molecule has 0 atom stereocenters. The summed E-state index contributed by atoms with van der Waals surface area (Å²) in [5.41, 5.74) is 0.497. The van der Waals surface area contributed by atoms with Gasteiger partial charge in [0.2, 0.25) is 0 Å². The molecule has 96 valence electrons. The van der Waals surface area contributed by atoms with Crippen LogP contribution in [0.5, 0.6) is 0 Å². The van der Waals surface area contributed by atoms with Crippen LogP contribution in [0.3, 0.4) is 0 Å². The van der Waals surface area contributed by atoms with E-state index < -0.39 is 0 Å². The second-order valence-electron chi connectivity index (χ2n) is 5.40. The average Bonchev–Trinajstić information content (AvgIpc) is 2.28. The van der Waals surface area contributed by atoms with E-state index in [9.17, 15) is 0 Å². The minimum Gasteiger partial charge on any atom is -0.380 e. The number of hydrogen-bond donors (Lipinski definition) is 1. The minimum absolute atomic E-state index is 0.497. The van der Waals surface area contributed by atoms with Crippen LogP contribution in [0.15, 0.2) is 0 Å². The first-order valence-corrected chi connectivity index (χ1v) is 6.63. The monoisotopic (exact) mass is 228 g/mol. The molecule has 0 amide bonds. The maximum atomic E-state index is 5.45. The average molecular weight is 228 g/mol. The lowest BCUT2D eigenvalue weighted by Gasteiger charge is -2.38. The molecule has 0 aromatic heterocycles. The number of likely N-dealkylation sites (tertiary alicyclic amines) is 1. The van der Waals surface area contributed by atoms with Gasteiger partial charge in [0, 0.05) is 19.7 Å². The Hall–Kier alpha value is -0.120. The standard InChI is InChI=1S/C13H28N2O/c1-4-10-16-11-7-14-12-13(2)5-8-15(3)9-6-13/h14H,4-12H2,1-3H3. The molecule has 3 nitrogen and oxygen atoms in total. The van der Waals surface area contributed by atoms with Gasteiger partial charge in [-0.2, -0.15) is 0 Å². The van der Waals surface area contributed by atoms with Gasteiger partial charge < -0.3 is 15.0 Å². The summed E-state index contributed by atoms with van der Waals surface area (Å²) in [6.07, 6.45) is 3.74. The molecule has 1 rings (SSSR count). The first-order chi connectivity index (χ1) is 7.66. The van der Waals surface area contributed by atoms with Crippen molar-refractivity contribution in [2.45, 2.75) is 33.1 Å². The smallest absolute Gasteiger partial charge is 0.0590 e. The molecule has 1 aliphatic rings. The molecule has 0 aliphatic carbocycles. The molecule has 0 unspecified atom stereocenters. The molecule has 0 radical (unpaired) electrons. The van der Waals surface area contributed by atoms with E-state index in [1.54, 1.807) is 0 Å². The molecule has 0 bridgehead atoms. The molecule has 16 heavy (non-hydrogen) atoms. The van der Waals surface area contributed by atoms with Crippen LogP contribution in [-0.2, 0) is 4.74 Å². The Bertz CT molecular complexity index is 177. The molecule has 0 aromatic carbocycles. The fourth-order valence-electron chi connectivity index (χ4n) is 2.12. The second kappa shape index (κ2) is 7.25. The summed E-state index contributed by atoms with van der Waals surface area (Å²) < 4.78 is 5.45. The normalized spacial score (nSPS) is 21.2. The number of ether oxygens (including phenoxy) is 1. The molecule has 0 spiro atoms. The summed E-state index contributed by atoms with van der Waals surface area (Å²) in [5, 5.41) is 3.53. The Morgan fingerprint density at radius 3 is 2.56 bits per heavy atom. The quantitative estimate of drug-likeness (QED) is 0.672. The molecule has 3 heteroatoms. The van der Waals surface area contributed by atoms with E-state index in [-0.39, 0.29) is 0 Å². The van der Waals surface area contributed by atoms with Gasteiger partial charge in [-0.05, 0) is 44.8 Å². The van der Waals surface area contributed by atoms with Crippen molar-refractivity contribution in [1.82, 2.24) is 10.2 Å². The zero-order chi connectivity index (χ0) is 11.9.